The quantitative estimate of drug-likeness (QED) is 0.405. The first-order valence-electron chi connectivity index (χ1n) is 7.84. The number of halogens is 1. The maximum Gasteiger partial charge on any atom is 0.325 e. The monoisotopic (exact) mass is 395 g/mol. The van der Waals surface area contributed by atoms with Gasteiger partial charge in [-0.15, -0.1) is 0 Å². The van der Waals surface area contributed by atoms with Gasteiger partial charge in [-0.1, -0.05) is 11.6 Å². The predicted molar refractivity (Wildman–Crippen MR) is 102 cm³/mol. The van der Waals surface area contributed by atoms with E-state index in [4.69, 9.17) is 26.8 Å². The number of nitrogens with two attached hydrogens (primary N) is 1. The Morgan fingerprint density at radius 3 is 2.67 bits per heavy atom. The van der Waals surface area contributed by atoms with Crippen LogP contribution in [0.25, 0.3) is 0 Å². The van der Waals surface area contributed by atoms with E-state index in [1.807, 2.05) is 13.8 Å². The number of carbonyl (C=O) groups excluding carboxylic acids is 1. The number of methoxy groups -OCH3 is 2. The molecule has 0 radical (unpaired) electrons. The number of hydrogen-bond acceptors (Lipinski definition) is 10. The molecule has 0 aliphatic rings. The lowest BCUT2D eigenvalue weighted by molar-refractivity contribution is -0.139. The molecule has 0 unspecified atom stereocenters. The highest BCUT2D eigenvalue weighted by molar-refractivity contribution is 6.32. The molecule has 0 amide bonds. The van der Waals surface area contributed by atoms with Crippen LogP contribution >= 0.6 is 11.6 Å². The van der Waals surface area contributed by atoms with Crippen molar-refractivity contribution in [3.63, 3.8) is 0 Å². The number of hydrogen-bond donors (Lipinski definition) is 2. The van der Waals surface area contributed by atoms with Crippen molar-refractivity contribution in [3.05, 3.63) is 33.4 Å². The summed E-state index contributed by atoms with van der Waals surface area (Å²) >= 11 is 5.98. The Labute approximate surface area is 161 Å². The van der Waals surface area contributed by atoms with Gasteiger partial charge in [0.25, 0.3) is 0 Å². The van der Waals surface area contributed by atoms with E-state index in [1.165, 1.54) is 12.0 Å². The second-order valence-electron chi connectivity index (χ2n) is 5.65. The minimum atomic E-state index is -0.545. The summed E-state index contributed by atoms with van der Waals surface area (Å²) < 4.78 is 10.1. The van der Waals surface area contributed by atoms with E-state index in [9.17, 15) is 10.0 Å². The molecule has 0 saturated heterocycles. The number of nitrogens with zero attached hydrogens (tertiary/aromatic N) is 4. The highest BCUT2D eigenvalue weighted by Crippen LogP contribution is 2.32. The Bertz CT molecular complexity index is 848. The van der Waals surface area contributed by atoms with Crippen LogP contribution in [0.2, 0.25) is 5.15 Å². The average Bonchev–Trinajstić information content (AvgIpc) is 2.63. The molecule has 146 valence electrons. The second kappa shape index (κ2) is 8.69. The fourth-order valence-corrected chi connectivity index (χ4v) is 2.80. The third kappa shape index (κ3) is 4.47. The molecule has 10 nitrogen and oxygen atoms in total. The van der Waals surface area contributed by atoms with Crippen molar-refractivity contribution in [2.75, 3.05) is 36.9 Å². The molecule has 2 aromatic heterocycles. The van der Waals surface area contributed by atoms with Crippen LogP contribution in [0.5, 0.6) is 5.75 Å². The standard InChI is InChI=1S/C16H20ClN6O4/c1-8-5-19-10(9(2)13(8)27-4)6-23(7-11(24)26-3)15-12(22-25)14(17)20-16(18)21-15/h5,22H,6-7H2,1-4H3,(H2,18,20,21)/q-1. The summed E-state index contributed by atoms with van der Waals surface area (Å²) in [6.45, 7) is 3.63. The van der Waals surface area contributed by atoms with Crippen molar-refractivity contribution in [2.45, 2.75) is 20.4 Å². The first kappa shape index (κ1) is 20.5. The molecule has 27 heavy (non-hydrogen) atoms. The number of rotatable bonds is 7. The van der Waals surface area contributed by atoms with E-state index in [1.54, 1.807) is 18.8 Å². The highest BCUT2D eigenvalue weighted by Gasteiger charge is 2.22. The summed E-state index contributed by atoms with van der Waals surface area (Å²) in [5.41, 5.74) is 9.52. The van der Waals surface area contributed by atoms with Crippen LogP contribution in [0.15, 0.2) is 6.20 Å². The van der Waals surface area contributed by atoms with Gasteiger partial charge in [-0.2, -0.15) is 9.97 Å². The van der Waals surface area contributed by atoms with Crippen molar-refractivity contribution in [3.8, 4) is 5.75 Å². The summed E-state index contributed by atoms with van der Waals surface area (Å²) in [6.07, 6.45) is 1.66. The first-order valence-corrected chi connectivity index (χ1v) is 8.22. The van der Waals surface area contributed by atoms with Crippen molar-refractivity contribution >= 4 is 35.0 Å². The fraction of sp³-hybridized carbons (Fsp3) is 0.375. The van der Waals surface area contributed by atoms with Gasteiger partial charge in [-0.25, -0.2) is 0 Å². The van der Waals surface area contributed by atoms with Crippen LogP contribution in [0.3, 0.4) is 0 Å². The Morgan fingerprint density at radius 1 is 1.37 bits per heavy atom. The number of esters is 1. The van der Waals surface area contributed by atoms with Crippen molar-refractivity contribution in [2.24, 2.45) is 0 Å². The molecule has 2 heterocycles. The third-order valence-corrected chi connectivity index (χ3v) is 4.18. The van der Waals surface area contributed by atoms with Crippen LogP contribution in [0, 0.1) is 19.1 Å². The Hall–Kier alpha value is -2.85. The lowest BCUT2D eigenvalue weighted by Gasteiger charge is -2.27. The minimum absolute atomic E-state index is 0.0636. The van der Waals surface area contributed by atoms with E-state index < -0.39 is 5.97 Å². The molecule has 2 aromatic rings. The zero-order valence-corrected chi connectivity index (χ0v) is 16.1. The molecular formula is C16H20ClN6O4-. The topological polar surface area (TPSA) is 139 Å². The molecule has 0 aromatic carbocycles. The molecule has 0 aliphatic carbocycles. The van der Waals surface area contributed by atoms with Crippen LogP contribution < -0.4 is 20.9 Å². The molecule has 0 saturated carbocycles. The molecule has 0 spiro atoms. The lowest BCUT2D eigenvalue weighted by Crippen LogP contribution is -2.32. The second-order valence-corrected chi connectivity index (χ2v) is 6.01. The molecule has 0 atom stereocenters. The Kier molecular flexibility index (Phi) is 6.59. The number of aromatic nitrogens is 3. The summed E-state index contributed by atoms with van der Waals surface area (Å²) in [4.78, 5) is 25.6. The zero-order valence-electron chi connectivity index (χ0n) is 15.4. The molecular weight excluding hydrogens is 376 g/mol. The minimum Gasteiger partial charge on any atom is -0.761 e. The van der Waals surface area contributed by atoms with Crippen molar-refractivity contribution in [1.82, 2.24) is 15.0 Å². The predicted octanol–water partition coefficient (Wildman–Crippen LogP) is 1.82. The van der Waals surface area contributed by atoms with Gasteiger partial charge in [-0.3, -0.25) is 9.78 Å². The molecule has 0 fully saturated rings. The number of ether oxygens (including phenoxy) is 2. The molecule has 0 aliphatic heterocycles. The van der Waals surface area contributed by atoms with E-state index in [0.717, 1.165) is 11.1 Å². The smallest absolute Gasteiger partial charge is 0.325 e. The average molecular weight is 396 g/mol. The van der Waals surface area contributed by atoms with Crippen molar-refractivity contribution in [1.29, 1.82) is 0 Å². The summed E-state index contributed by atoms with van der Waals surface area (Å²) in [5, 5.41) is 11.2. The van der Waals surface area contributed by atoms with Gasteiger partial charge < -0.3 is 30.8 Å². The number of anilines is 3. The van der Waals surface area contributed by atoms with Crippen LogP contribution in [-0.2, 0) is 16.1 Å². The largest absolute Gasteiger partial charge is 0.761 e. The first-order chi connectivity index (χ1) is 12.8. The number of nitrogens with one attached hydrogen (secondary N) is 1. The third-order valence-electron chi connectivity index (χ3n) is 3.90. The summed E-state index contributed by atoms with van der Waals surface area (Å²) in [7, 11) is 2.82. The van der Waals surface area contributed by atoms with E-state index in [0.29, 0.717) is 11.4 Å². The van der Waals surface area contributed by atoms with Crippen LogP contribution in [0.1, 0.15) is 16.8 Å². The fourth-order valence-electron chi connectivity index (χ4n) is 2.59. The molecule has 2 rings (SSSR count). The number of nitrogen functional groups attached to an aromatic ring is 1. The number of pyridine rings is 1. The van der Waals surface area contributed by atoms with Gasteiger partial charge in [0.15, 0.2) is 11.0 Å². The van der Waals surface area contributed by atoms with E-state index >= 15 is 0 Å². The maximum absolute atomic E-state index is 11.9. The van der Waals surface area contributed by atoms with Gasteiger partial charge >= 0.3 is 5.97 Å². The van der Waals surface area contributed by atoms with Gasteiger partial charge in [0.1, 0.15) is 18.0 Å². The van der Waals surface area contributed by atoms with Crippen molar-refractivity contribution < 1.29 is 14.3 Å². The maximum atomic E-state index is 11.9. The van der Waals surface area contributed by atoms with Gasteiger partial charge in [0, 0.05) is 17.3 Å². The molecule has 11 heteroatoms. The summed E-state index contributed by atoms with van der Waals surface area (Å²) in [5.74, 6) is 0.0565. The van der Waals surface area contributed by atoms with Gasteiger partial charge in [0.2, 0.25) is 5.95 Å². The van der Waals surface area contributed by atoms with E-state index in [2.05, 4.69) is 15.0 Å². The SMILES string of the molecule is COC(=O)CN(Cc1ncc(C)c(OC)c1C)c1nc(N)nc(Cl)c1N[O-]. The number of aryl methyl sites for hydroxylation is 1. The Balaban J connectivity index is 2.53. The Morgan fingerprint density at radius 2 is 2.07 bits per heavy atom. The zero-order chi connectivity index (χ0) is 20.1. The number of carbonyl (C=O) groups is 1. The van der Waals surface area contributed by atoms with Gasteiger partial charge in [-0.05, 0) is 13.8 Å². The van der Waals surface area contributed by atoms with E-state index in [-0.39, 0.29) is 35.7 Å². The van der Waals surface area contributed by atoms with Crippen LogP contribution in [0.4, 0.5) is 17.5 Å². The van der Waals surface area contributed by atoms with Gasteiger partial charge in [0.05, 0.1) is 26.5 Å². The van der Waals surface area contributed by atoms with Crippen LogP contribution in [-0.4, -0.2) is 41.7 Å². The highest BCUT2D eigenvalue weighted by atomic mass is 35.5. The molecule has 3 N–H and O–H groups in total. The summed E-state index contributed by atoms with van der Waals surface area (Å²) in [6, 6.07) is 0. The lowest BCUT2D eigenvalue weighted by atomic mass is 10.1. The normalized spacial score (nSPS) is 10.4. The molecule has 0 bridgehead atoms.